The largest absolute Gasteiger partial charge is 0.468 e. The maximum Gasteiger partial charge on any atom is 0.326 e. The van der Waals surface area contributed by atoms with Gasteiger partial charge in [0, 0.05) is 18.6 Å². The van der Waals surface area contributed by atoms with E-state index in [9.17, 15) is 4.79 Å². The first-order valence-corrected chi connectivity index (χ1v) is 8.61. The van der Waals surface area contributed by atoms with Crippen molar-refractivity contribution >= 4 is 5.97 Å². The lowest BCUT2D eigenvalue weighted by Crippen LogP contribution is -2.52. The number of carbonyl (C=O) groups is 1. The number of nitrogens with zero attached hydrogens (tertiary/aromatic N) is 1. The van der Waals surface area contributed by atoms with E-state index >= 15 is 0 Å². The molecule has 0 aromatic rings. The Kier molecular flexibility index (Phi) is 5.67. The van der Waals surface area contributed by atoms with Gasteiger partial charge in [0.25, 0.3) is 0 Å². The van der Waals surface area contributed by atoms with E-state index in [1.807, 2.05) is 0 Å². The Hall–Kier alpha value is -0.610. The van der Waals surface area contributed by atoms with E-state index in [0.717, 1.165) is 44.8 Å². The predicted octanol–water partition coefficient (Wildman–Crippen LogP) is 2.57. The first-order chi connectivity index (χ1) is 10.0. The smallest absolute Gasteiger partial charge is 0.326 e. The van der Waals surface area contributed by atoms with Crippen molar-refractivity contribution in [2.45, 2.75) is 76.9 Å². The Morgan fingerprint density at radius 1 is 1.33 bits per heavy atom. The van der Waals surface area contributed by atoms with Crippen molar-refractivity contribution in [1.29, 1.82) is 0 Å². The summed E-state index contributed by atoms with van der Waals surface area (Å²) in [5.41, 5.74) is -0.445. The Labute approximate surface area is 129 Å². The molecule has 21 heavy (non-hydrogen) atoms. The zero-order chi connectivity index (χ0) is 15.5. The third-order valence-corrected chi connectivity index (χ3v) is 4.84. The van der Waals surface area contributed by atoms with E-state index in [1.165, 1.54) is 20.0 Å². The van der Waals surface area contributed by atoms with Crippen LogP contribution >= 0.6 is 0 Å². The molecule has 2 rings (SSSR count). The first-order valence-electron chi connectivity index (χ1n) is 8.61. The van der Waals surface area contributed by atoms with Crippen molar-refractivity contribution in [3.63, 3.8) is 0 Å². The van der Waals surface area contributed by atoms with Crippen molar-refractivity contribution in [1.82, 2.24) is 10.2 Å². The Balaban J connectivity index is 2.05. The van der Waals surface area contributed by atoms with E-state index in [1.54, 1.807) is 0 Å². The SMILES string of the molecule is CCCNC1(C(=O)OC)CCC(N(CC(C)C)C2CC2)C1. The van der Waals surface area contributed by atoms with Crippen molar-refractivity contribution in [2.24, 2.45) is 5.92 Å². The lowest BCUT2D eigenvalue weighted by Gasteiger charge is -2.33. The van der Waals surface area contributed by atoms with Crippen LogP contribution in [0.15, 0.2) is 0 Å². The molecule has 4 nitrogen and oxygen atoms in total. The number of hydrogen-bond acceptors (Lipinski definition) is 4. The average Bonchev–Trinajstić information content (AvgIpc) is 3.21. The second-order valence-electron chi connectivity index (χ2n) is 7.22. The van der Waals surface area contributed by atoms with Crippen LogP contribution in [-0.4, -0.2) is 48.7 Å². The van der Waals surface area contributed by atoms with Crippen LogP contribution in [0.2, 0.25) is 0 Å². The Morgan fingerprint density at radius 2 is 2.05 bits per heavy atom. The zero-order valence-corrected chi connectivity index (χ0v) is 14.2. The summed E-state index contributed by atoms with van der Waals surface area (Å²) in [6, 6.07) is 1.29. The van der Waals surface area contributed by atoms with E-state index in [0.29, 0.717) is 12.0 Å². The molecule has 0 spiro atoms. The van der Waals surface area contributed by atoms with Gasteiger partial charge in [0.05, 0.1) is 7.11 Å². The van der Waals surface area contributed by atoms with Gasteiger partial charge in [0.1, 0.15) is 5.54 Å². The molecule has 2 unspecified atom stereocenters. The molecule has 0 bridgehead atoms. The summed E-state index contributed by atoms with van der Waals surface area (Å²) < 4.78 is 5.10. The fourth-order valence-corrected chi connectivity index (χ4v) is 3.70. The van der Waals surface area contributed by atoms with Crippen molar-refractivity contribution in [2.75, 3.05) is 20.2 Å². The highest BCUT2D eigenvalue weighted by Gasteiger charge is 2.49. The molecule has 0 amide bonds. The number of hydrogen-bond donors (Lipinski definition) is 1. The van der Waals surface area contributed by atoms with E-state index in [2.05, 4.69) is 31.0 Å². The summed E-state index contributed by atoms with van der Waals surface area (Å²) in [5, 5.41) is 3.49. The topological polar surface area (TPSA) is 41.6 Å². The van der Waals surface area contributed by atoms with Gasteiger partial charge >= 0.3 is 5.97 Å². The maximum absolute atomic E-state index is 12.3. The number of rotatable bonds is 8. The standard InChI is InChI=1S/C17H32N2O2/c1-5-10-18-17(16(20)21-4)9-8-15(11-17)19(12-13(2)3)14-6-7-14/h13-15,18H,5-12H2,1-4H3. The van der Waals surface area contributed by atoms with E-state index in [-0.39, 0.29) is 5.97 Å². The summed E-state index contributed by atoms with van der Waals surface area (Å²) in [6.07, 6.45) is 6.62. The summed E-state index contributed by atoms with van der Waals surface area (Å²) in [7, 11) is 1.51. The van der Waals surface area contributed by atoms with Crippen LogP contribution in [0.25, 0.3) is 0 Å². The molecule has 0 saturated heterocycles. The van der Waals surface area contributed by atoms with E-state index in [4.69, 9.17) is 4.74 Å². The number of nitrogens with one attached hydrogen (secondary N) is 1. The second-order valence-corrected chi connectivity index (χ2v) is 7.22. The van der Waals surface area contributed by atoms with Crippen molar-refractivity contribution in [3.05, 3.63) is 0 Å². The predicted molar refractivity (Wildman–Crippen MR) is 85.2 cm³/mol. The molecule has 0 heterocycles. The van der Waals surface area contributed by atoms with Gasteiger partial charge in [-0.05, 0) is 51.0 Å². The number of methoxy groups -OCH3 is 1. The molecule has 2 saturated carbocycles. The molecule has 0 aromatic carbocycles. The maximum atomic E-state index is 12.3. The molecule has 0 aromatic heterocycles. The van der Waals surface area contributed by atoms with Gasteiger partial charge in [0.15, 0.2) is 0 Å². The van der Waals surface area contributed by atoms with Crippen molar-refractivity contribution < 1.29 is 9.53 Å². The third-order valence-electron chi connectivity index (χ3n) is 4.84. The van der Waals surface area contributed by atoms with Gasteiger partial charge in [-0.2, -0.15) is 0 Å². The molecule has 1 N–H and O–H groups in total. The van der Waals surface area contributed by atoms with Crippen molar-refractivity contribution in [3.8, 4) is 0 Å². The molecule has 122 valence electrons. The lowest BCUT2D eigenvalue weighted by atomic mass is 9.96. The van der Waals surface area contributed by atoms with E-state index < -0.39 is 5.54 Å². The summed E-state index contributed by atoms with van der Waals surface area (Å²) in [4.78, 5) is 15.0. The fraction of sp³-hybridized carbons (Fsp3) is 0.941. The summed E-state index contributed by atoms with van der Waals surface area (Å²) in [5.74, 6) is 0.612. The molecule has 2 atom stereocenters. The monoisotopic (exact) mass is 296 g/mol. The quantitative estimate of drug-likeness (QED) is 0.699. The molecule has 2 fully saturated rings. The highest BCUT2D eigenvalue weighted by molar-refractivity contribution is 5.81. The van der Waals surface area contributed by atoms with Gasteiger partial charge in [-0.1, -0.05) is 20.8 Å². The number of esters is 1. The Bertz CT molecular complexity index is 355. The van der Waals surface area contributed by atoms with Crippen LogP contribution in [0, 0.1) is 5.92 Å². The highest BCUT2D eigenvalue weighted by Crippen LogP contribution is 2.39. The molecule has 2 aliphatic carbocycles. The minimum Gasteiger partial charge on any atom is -0.468 e. The van der Waals surface area contributed by atoms with Crippen LogP contribution in [0.4, 0.5) is 0 Å². The highest BCUT2D eigenvalue weighted by atomic mass is 16.5. The van der Waals surface area contributed by atoms with Crippen LogP contribution in [-0.2, 0) is 9.53 Å². The van der Waals surface area contributed by atoms with Crippen LogP contribution in [0.5, 0.6) is 0 Å². The van der Waals surface area contributed by atoms with Gasteiger partial charge in [-0.3, -0.25) is 9.69 Å². The zero-order valence-electron chi connectivity index (χ0n) is 14.2. The molecule has 0 radical (unpaired) electrons. The van der Waals surface area contributed by atoms with Crippen LogP contribution in [0.3, 0.4) is 0 Å². The molecule has 2 aliphatic rings. The normalized spacial score (nSPS) is 29.3. The molecule has 4 heteroatoms. The molecule has 0 aliphatic heterocycles. The van der Waals surface area contributed by atoms with Gasteiger partial charge < -0.3 is 10.1 Å². The molecular weight excluding hydrogens is 264 g/mol. The molecular formula is C17H32N2O2. The summed E-state index contributed by atoms with van der Waals surface area (Å²) >= 11 is 0. The first kappa shape index (κ1) is 16.8. The summed E-state index contributed by atoms with van der Waals surface area (Å²) in [6.45, 7) is 8.75. The fourth-order valence-electron chi connectivity index (χ4n) is 3.70. The van der Waals surface area contributed by atoms with Gasteiger partial charge in [-0.25, -0.2) is 0 Å². The minimum atomic E-state index is -0.445. The number of carbonyl (C=O) groups excluding carboxylic acids is 1. The van der Waals surface area contributed by atoms with Gasteiger partial charge in [-0.15, -0.1) is 0 Å². The van der Waals surface area contributed by atoms with Gasteiger partial charge in [0.2, 0.25) is 0 Å². The Morgan fingerprint density at radius 3 is 2.57 bits per heavy atom. The van der Waals surface area contributed by atoms with Crippen LogP contribution in [0.1, 0.15) is 59.3 Å². The number of ether oxygens (including phenoxy) is 1. The lowest BCUT2D eigenvalue weighted by molar-refractivity contribution is -0.148. The average molecular weight is 296 g/mol. The minimum absolute atomic E-state index is 0.0706. The second kappa shape index (κ2) is 7.10. The third kappa shape index (κ3) is 3.98. The van der Waals surface area contributed by atoms with Crippen LogP contribution < -0.4 is 5.32 Å².